The van der Waals surface area contributed by atoms with Crippen LogP contribution in [0.1, 0.15) is 27.2 Å². The molecule has 0 bridgehead atoms. The average Bonchev–Trinajstić information content (AvgIpc) is 2.59. The molecule has 0 radical (unpaired) electrons. The molecule has 0 aliphatic carbocycles. The summed E-state index contributed by atoms with van der Waals surface area (Å²) in [5, 5.41) is 12.5. The molecule has 0 aliphatic rings. The Hall–Kier alpha value is -1.92. The van der Waals surface area contributed by atoms with E-state index in [1.807, 2.05) is 0 Å². The van der Waals surface area contributed by atoms with E-state index >= 15 is 0 Å². The zero-order valence-electron chi connectivity index (χ0n) is 15.8. The predicted molar refractivity (Wildman–Crippen MR) is 92.1 cm³/mol. The average molecular weight is 413 g/mol. The molecule has 0 aliphatic heterocycles. The number of carbonyl (C=O) groups excluding carboxylic acids is 3. The van der Waals surface area contributed by atoms with Crippen LogP contribution in [0.2, 0.25) is 0 Å². The zero-order valence-corrected chi connectivity index (χ0v) is 16.7. The van der Waals surface area contributed by atoms with Gasteiger partial charge in [0.15, 0.2) is 6.10 Å². The lowest BCUT2D eigenvalue weighted by atomic mass is 9.88. The van der Waals surface area contributed by atoms with Crippen molar-refractivity contribution in [2.24, 2.45) is 5.41 Å². The Bertz CT molecular complexity index is 602. The summed E-state index contributed by atoms with van der Waals surface area (Å²) in [7, 11) is -2.77. The van der Waals surface area contributed by atoms with Crippen molar-refractivity contribution in [3.63, 3.8) is 0 Å². The van der Waals surface area contributed by atoms with Crippen LogP contribution in [0.5, 0.6) is 0 Å². The number of aliphatic hydroxyl groups is 1. The minimum Gasteiger partial charge on any atom is -0.460 e. The fourth-order valence-electron chi connectivity index (χ4n) is 1.62. The molecule has 2 N–H and O–H groups in total. The minimum absolute atomic E-state index is 0.160. The fraction of sp³-hybridized carbons (Fsp3) is 0.800. The largest absolute Gasteiger partial charge is 0.508 e. The van der Waals surface area contributed by atoms with Crippen LogP contribution in [0, 0.1) is 5.41 Å². The number of methoxy groups -OCH3 is 1. The van der Waals surface area contributed by atoms with Crippen LogP contribution < -0.4 is 5.32 Å². The Morgan fingerprint density at radius 1 is 1.15 bits per heavy atom. The topological polar surface area (TPSA) is 155 Å². The molecule has 27 heavy (non-hydrogen) atoms. The summed E-state index contributed by atoms with van der Waals surface area (Å²) >= 11 is 0. The van der Waals surface area contributed by atoms with Gasteiger partial charge in [0.05, 0.1) is 19.5 Å². The second-order valence-corrected chi connectivity index (χ2v) is 7.98. The highest BCUT2D eigenvalue weighted by molar-refractivity contribution is 7.86. The smallest absolute Gasteiger partial charge is 0.460 e. The van der Waals surface area contributed by atoms with Crippen LogP contribution in [0.25, 0.3) is 0 Å². The van der Waals surface area contributed by atoms with E-state index in [9.17, 15) is 27.9 Å². The molecule has 1 amide bonds. The number of carbonyl (C=O) groups is 3. The summed E-state index contributed by atoms with van der Waals surface area (Å²) in [6.07, 6.45) is -2.44. The van der Waals surface area contributed by atoms with Crippen LogP contribution in [0.3, 0.4) is 0 Å². The van der Waals surface area contributed by atoms with Crippen LogP contribution in [0.15, 0.2) is 0 Å². The number of rotatable bonds is 12. The fourth-order valence-corrected chi connectivity index (χ4v) is 2.72. The normalized spacial score (nSPS) is 12.8. The van der Waals surface area contributed by atoms with E-state index in [4.69, 9.17) is 8.92 Å². The lowest BCUT2D eigenvalue weighted by Gasteiger charge is -2.28. The summed E-state index contributed by atoms with van der Waals surface area (Å²) in [5.41, 5.74) is -1.26. The molecule has 0 unspecified atom stereocenters. The Morgan fingerprint density at radius 3 is 2.30 bits per heavy atom. The molecule has 1 atom stereocenters. The summed E-state index contributed by atoms with van der Waals surface area (Å²) in [6.45, 7) is 3.34. The van der Waals surface area contributed by atoms with Gasteiger partial charge in [-0.3, -0.25) is 8.98 Å². The number of hydrogen-bond donors (Lipinski definition) is 2. The lowest BCUT2D eigenvalue weighted by molar-refractivity contribution is -0.162. The number of hydrogen-bond acceptors (Lipinski definition) is 10. The van der Waals surface area contributed by atoms with E-state index in [1.165, 1.54) is 20.8 Å². The third kappa shape index (κ3) is 11.4. The number of amides is 1. The standard InChI is InChI=1S/C15H27NO10S/c1-11(17)16-6-5-9-27(21,22)26-10-15(2,3)12(18)13(19)24-7-8-25-14(20)23-4/h12,18H,5-10H2,1-4H3,(H,16,17)/t12-/m0/s1. The molecule has 0 heterocycles. The molecule has 158 valence electrons. The second kappa shape index (κ2) is 11.7. The lowest BCUT2D eigenvalue weighted by Crippen LogP contribution is -2.42. The molecule has 0 aromatic heterocycles. The molecular weight excluding hydrogens is 386 g/mol. The molecule has 0 spiro atoms. The van der Waals surface area contributed by atoms with Crippen LogP contribution >= 0.6 is 0 Å². The van der Waals surface area contributed by atoms with E-state index in [2.05, 4.69) is 14.8 Å². The van der Waals surface area contributed by atoms with Crippen LogP contribution in [0.4, 0.5) is 4.79 Å². The molecule has 0 fully saturated rings. The van der Waals surface area contributed by atoms with Gasteiger partial charge in [-0.1, -0.05) is 13.8 Å². The van der Waals surface area contributed by atoms with E-state index in [0.717, 1.165) is 7.11 Å². The van der Waals surface area contributed by atoms with Crippen molar-refractivity contribution in [2.45, 2.75) is 33.3 Å². The number of esters is 1. The maximum Gasteiger partial charge on any atom is 0.508 e. The highest BCUT2D eigenvalue weighted by Crippen LogP contribution is 2.23. The monoisotopic (exact) mass is 413 g/mol. The maximum absolute atomic E-state index is 11.8. The SMILES string of the molecule is COC(=O)OCCOC(=O)[C@H](O)C(C)(C)COS(=O)(=O)CCCNC(C)=O. The van der Waals surface area contributed by atoms with Crippen molar-refractivity contribution in [3.05, 3.63) is 0 Å². The van der Waals surface area contributed by atoms with Gasteiger partial charge >= 0.3 is 12.1 Å². The molecular formula is C15H27NO10S. The van der Waals surface area contributed by atoms with Gasteiger partial charge in [0.25, 0.3) is 10.1 Å². The summed E-state index contributed by atoms with van der Waals surface area (Å²) < 4.78 is 42.0. The first kappa shape index (κ1) is 25.1. The first-order valence-corrected chi connectivity index (χ1v) is 9.66. The van der Waals surface area contributed by atoms with Gasteiger partial charge in [-0.2, -0.15) is 8.42 Å². The molecule has 0 rings (SSSR count). The molecule has 11 nitrogen and oxygen atoms in total. The quantitative estimate of drug-likeness (QED) is 0.245. The van der Waals surface area contributed by atoms with Crippen molar-refractivity contribution < 1.29 is 46.3 Å². The van der Waals surface area contributed by atoms with Gasteiger partial charge in [0, 0.05) is 18.9 Å². The Balaban J connectivity index is 4.35. The third-order valence-corrected chi connectivity index (χ3v) is 4.50. The summed E-state index contributed by atoms with van der Waals surface area (Å²) in [6, 6.07) is 0. The van der Waals surface area contributed by atoms with Gasteiger partial charge in [0.1, 0.15) is 13.2 Å². The van der Waals surface area contributed by atoms with Gasteiger partial charge in [0.2, 0.25) is 5.91 Å². The minimum atomic E-state index is -3.89. The highest BCUT2D eigenvalue weighted by Gasteiger charge is 2.36. The first-order chi connectivity index (χ1) is 12.4. The van der Waals surface area contributed by atoms with Crippen molar-refractivity contribution in [1.29, 1.82) is 0 Å². The van der Waals surface area contributed by atoms with E-state index in [1.54, 1.807) is 0 Å². The highest BCUT2D eigenvalue weighted by atomic mass is 32.2. The van der Waals surface area contributed by atoms with Crippen molar-refractivity contribution in [3.8, 4) is 0 Å². The van der Waals surface area contributed by atoms with Gasteiger partial charge in [-0.15, -0.1) is 0 Å². The van der Waals surface area contributed by atoms with Crippen molar-refractivity contribution in [1.82, 2.24) is 5.32 Å². The van der Waals surface area contributed by atoms with E-state index < -0.39 is 40.4 Å². The van der Waals surface area contributed by atoms with E-state index in [-0.39, 0.29) is 37.8 Å². The Labute approximate surface area is 158 Å². The summed E-state index contributed by atoms with van der Waals surface area (Å²) in [4.78, 5) is 33.3. The Kier molecular flexibility index (Phi) is 10.9. The molecule has 12 heteroatoms. The van der Waals surface area contributed by atoms with Crippen LogP contribution in [-0.2, 0) is 38.1 Å². The molecule has 0 aromatic carbocycles. The molecule has 0 saturated heterocycles. The van der Waals surface area contributed by atoms with Crippen LogP contribution in [-0.4, -0.2) is 76.9 Å². The molecule has 0 saturated carbocycles. The first-order valence-electron chi connectivity index (χ1n) is 8.08. The number of ether oxygens (including phenoxy) is 3. The third-order valence-electron chi connectivity index (χ3n) is 3.23. The van der Waals surface area contributed by atoms with E-state index in [0.29, 0.717) is 0 Å². The van der Waals surface area contributed by atoms with Crippen molar-refractivity contribution in [2.75, 3.05) is 39.2 Å². The van der Waals surface area contributed by atoms with Gasteiger partial charge < -0.3 is 24.6 Å². The van der Waals surface area contributed by atoms with Gasteiger partial charge in [-0.25, -0.2) is 9.59 Å². The summed E-state index contributed by atoms with van der Waals surface area (Å²) in [5.74, 6) is -1.61. The Morgan fingerprint density at radius 2 is 1.74 bits per heavy atom. The second-order valence-electron chi connectivity index (χ2n) is 6.22. The predicted octanol–water partition coefficient (Wildman–Crippen LogP) is -0.428. The number of nitrogens with one attached hydrogen (secondary N) is 1. The van der Waals surface area contributed by atoms with Crippen molar-refractivity contribution >= 4 is 28.1 Å². The number of aliphatic hydroxyl groups excluding tert-OH is 1. The molecule has 0 aromatic rings. The zero-order chi connectivity index (χ0) is 21.1. The maximum atomic E-state index is 11.8. The van der Waals surface area contributed by atoms with Gasteiger partial charge in [-0.05, 0) is 6.42 Å².